The zero-order valence-electron chi connectivity index (χ0n) is 15.1. The number of hydrogen-bond acceptors (Lipinski definition) is 2. The molecule has 3 rings (SSSR count). The van der Waals surface area contributed by atoms with Gasteiger partial charge in [0.1, 0.15) is 0 Å². The van der Waals surface area contributed by atoms with Crippen molar-refractivity contribution in [2.75, 3.05) is 38.0 Å². The Kier molecular flexibility index (Phi) is 5.99. The number of benzene rings is 2. The molecule has 0 atom stereocenters. The molecule has 148 valence electrons. The first-order chi connectivity index (χ1) is 13.3. The summed E-state index contributed by atoms with van der Waals surface area (Å²) in [6.45, 7) is 2.58. The minimum atomic E-state index is -4.40. The first-order valence-electron chi connectivity index (χ1n) is 8.98. The number of alkyl halides is 3. The predicted molar refractivity (Wildman–Crippen MR) is 98.0 cm³/mol. The Balaban J connectivity index is 1.47. The van der Waals surface area contributed by atoms with Crippen LogP contribution in [0.25, 0.3) is 0 Å². The Morgan fingerprint density at radius 1 is 0.964 bits per heavy atom. The standard InChI is InChI=1S/C20H20F3N3O2/c21-20(22,23)16-6-8-17(9-7-16)24-18(27)14-25-10-12-26(13-11-25)19(28)15-4-2-1-3-5-15/h1-9H,10-14H2,(H,24,27)/p+1. The van der Waals surface area contributed by atoms with E-state index in [0.29, 0.717) is 37.4 Å². The van der Waals surface area contributed by atoms with E-state index in [1.54, 1.807) is 17.0 Å². The van der Waals surface area contributed by atoms with Crippen LogP contribution in [0.1, 0.15) is 15.9 Å². The van der Waals surface area contributed by atoms with Crippen molar-refractivity contribution in [1.29, 1.82) is 0 Å². The number of nitrogens with zero attached hydrogens (tertiary/aromatic N) is 1. The van der Waals surface area contributed by atoms with Crippen molar-refractivity contribution in [2.24, 2.45) is 0 Å². The van der Waals surface area contributed by atoms with E-state index in [9.17, 15) is 22.8 Å². The molecule has 5 nitrogen and oxygen atoms in total. The van der Waals surface area contributed by atoms with Crippen molar-refractivity contribution in [1.82, 2.24) is 4.90 Å². The maximum atomic E-state index is 12.6. The smallest absolute Gasteiger partial charge is 0.327 e. The summed E-state index contributed by atoms with van der Waals surface area (Å²) in [7, 11) is 0. The van der Waals surface area contributed by atoms with Gasteiger partial charge >= 0.3 is 6.18 Å². The van der Waals surface area contributed by atoms with E-state index in [4.69, 9.17) is 0 Å². The van der Waals surface area contributed by atoms with Crippen LogP contribution in [-0.2, 0) is 11.0 Å². The molecular formula is C20H21F3N3O2+. The highest BCUT2D eigenvalue weighted by Gasteiger charge is 2.30. The van der Waals surface area contributed by atoms with Gasteiger partial charge in [0, 0.05) is 11.3 Å². The predicted octanol–water partition coefficient (Wildman–Crippen LogP) is 1.68. The number of rotatable bonds is 4. The van der Waals surface area contributed by atoms with Gasteiger partial charge in [0.25, 0.3) is 11.8 Å². The molecule has 2 aromatic carbocycles. The average molecular weight is 392 g/mol. The fraction of sp³-hybridized carbons (Fsp3) is 0.300. The van der Waals surface area contributed by atoms with Crippen LogP contribution in [0.15, 0.2) is 54.6 Å². The van der Waals surface area contributed by atoms with Gasteiger partial charge in [-0.3, -0.25) is 9.59 Å². The highest BCUT2D eigenvalue weighted by atomic mass is 19.4. The van der Waals surface area contributed by atoms with E-state index in [2.05, 4.69) is 5.32 Å². The minimum Gasteiger partial charge on any atom is -0.327 e. The van der Waals surface area contributed by atoms with E-state index < -0.39 is 11.7 Å². The summed E-state index contributed by atoms with van der Waals surface area (Å²) in [5, 5.41) is 2.62. The molecule has 0 spiro atoms. The summed E-state index contributed by atoms with van der Waals surface area (Å²) in [5.41, 5.74) is 0.219. The van der Waals surface area contributed by atoms with Crippen LogP contribution in [0.5, 0.6) is 0 Å². The van der Waals surface area contributed by atoms with Crippen molar-refractivity contribution < 1.29 is 27.7 Å². The second-order valence-corrected chi connectivity index (χ2v) is 6.71. The molecule has 0 aliphatic carbocycles. The third kappa shape index (κ3) is 5.10. The van der Waals surface area contributed by atoms with Crippen LogP contribution >= 0.6 is 0 Å². The number of halogens is 3. The van der Waals surface area contributed by atoms with Gasteiger partial charge in [-0.15, -0.1) is 0 Å². The van der Waals surface area contributed by atoms with Gasteiger partial charge in [0.2, 0.25) is 0 Å². The summed E-state index contributed by atoms with van der Waals surface area (Å²) < 4.78 is 37.7. The van der Waals surface area contributed by atoms with Crippen LogP contribution in [0.2, 0.25) is 0 Å². The molecule has 1 heterocycles. The molecule has 2 amide bonds. The number of amides is 2. The molecule has 8 heteroatoms. The maximum absolute atomic E-state index is 12.6. The summed E-state index contributed by atoms with van der Waals surface area (Å²) in [4.78, 5) is 27.4. The number of quaternary nitrogens is 1. The minimum absolute atomic E-state index is 0.0196. The zero-order chi connectivity index (χ0) is 20.1. The molecule has 28 heavy (non-hydrogen) atoms. The molecule has 0 aromatic heterocycles. The average Bonchev–Trinajstić information content (AvgIpc) is 2.68. The van der Waals surface area contributed by atoms with Gasteiger partial charge in [-0.25, -0.2) is 0 Å². The Bertz CT molecular complexity index is 815. The van der Waals surface area contributed by atoms with E-state index in [-0.39, 0.29) is 18.4 Å². The molecule has 1 fully saturated rings. The normalized spacial score (nSPS) is 15.3. The molecule has 0 unspecified atom stereocenters. The second-order valence-electron chi connectivity index (χ2n) is 6.71. The number of nitrogens with one attached hydrogen (secondary N) is 2. The number of piperazine rings is 1. The Morgan fingerprint density at radius 2 is 1.57 bits per heavy atom. The van der Waals surface area contributed by atoms with Gasteiger partial charge < -0.3 is 15.1 Å². The van der Waals surface area contributed by atoms with E-state index in [1.807, 2.05) is 18.2 Å². The van der Waals surface area contributed by atoms with E-state index >= 15 is 0 Å². The first kappa shape index (κ1) is 19.9. The number of carbonyl (C=O) groups excluding carboxylic acids is 2. The van der Waals surface area contributed by atoms with Crippen LogP contribution in [0, 0.1) is 0 Å². The second kappa shape index (κ2) is 8.43. The molecule has 0 saturated carbocycles. The van der Waals surface area contributed by atoms with Gasteiger partial charge in [-0.1, -0.05) is 18.2 Å². The third-order valence-corrected chi connectivity index (χ3v) is 4.69. The Hall–Kier alpha value is -2.87. The number of hydrogen-bond donors (Lipinski definition) is 2. The quantitative estimate of drug-likeness (QED) is 0.832. The number of anilines is 1. The zero-order valence-corrected chi connectivity index (χ0v) is 15.1. The van der Waals surface area contributed by atoms with Gasteiger partial charge in [-0.2, -0.15) is 13.2 Å². The van der Waals surface area contributed by atoms with Crippen molar-refractivity contribution >= 4 is 17.5 Å². The Labute approximate surface area is 160 Å². The summed E-state index contributed by atoms with van der Waals surface area (Å²) in [5.74, 6) is -0.286. The summed E-state index contributed by atoms with van der Waals surface area (Å²) in [6, 6.07) is 13.4. The Morgan fingerprint density at radius 3 is 2.14 bits per heavy atom. The van der Waals surface area contributed by atoms with Crippen LogP contribution in [0.4, 0.5) is 18.9 Å². The lowest BCUT2D eigenvalue weighted by Gasteiger charge is -2.32. The monoisotopic (exact) mass is 392 g/mol. The fourth-order valence-electron chi connectivity index (χ4n) is 3.14. The largest absolute Gasteiger partial charge is 0.416 e. The SMILES string of the molecule is O=C(C[NH+]1CCN(C(=O)c2ccccc2)CC1)Nc1ccc(C(F)(F)F)cc1. The van der Waals surface area contributed by atoms with Crippen LogP contribution < -0.4 is 10.2 Å². The molecule has 1 aliphatic heterocycles. The van der Waals surface area contributed by atoms with Crippen LogP contribution in [-0.4, -0.2) is 49.4 Å². The molecule has 0 bridgehead atoms. The third-order valence-electron chi connectivity index (χ3n) is 4.69. The molecule has 1 aliphatic rings. The topological polar surface area (TPSA) is 53.9 Å². The molecule has 1 saturated heterocycles. The summed E-state index contributed by atoms with van der Waals surface area (Å²) in [6.07, 6.45) is -4.40. The van der Waals surface area contributed by atoms with Crippen molar-refractivity contribution in [3.63, 3.8) is 0 Å². The summed E-state index contributed by atoms with van der Waals surface area (Å²) >= 11 is 0. The van der Waals surface area contributed by atoms with Crippen molar-refractivity contribution in [2.45, 2.75) is 6.18 Å². The highest BCUT2D eigenvalue weighted by molar-refractivity contribution is 5.94. The molecular weight excluding hydrogens is 371 g/mol. The highest BCUT2D eigenvalue weighted by Crippen LogP contribution is 2.29. The molecule has 0 radical (unpaired) electrons. The van der Waals surface area contributed by atoms with Crippen molar-refractivity contribution in [3.8, 4) is 0 Å². The van der Waals surface area contributed by atoms with Gasteiger partial charge in [0.15, 0.2) is 6.54 Å². The molecule has 2 aromatic rings. The van der Waals surface area contributed by atoms with Crippen molar-refractivity contribution in [3.05, 3.63) is 65.7 Å². The number of carbonyl (C=O) groups is 2. The van der Waals surface area contributed by atoms with Gasteiger partial charge in [-0.05, 0) is 36.4 Å². The maximum Gasteiger partial charge on any atom is 0.416 e. The molecule has 2 N–H and O–H groups in total. The lowest BCUT2D eigenvalue weighted by molar-refractivity contribution is -0.895. The van der Waals surface area contributed by atoms with E-state index in [1.165, 1.54) is 12.1 Å². The van der Waals surface area contributed by atoms with Crippen LogP contribution in [0.3, 0.4) is 0 Å². The fourth-order valence-corrected chi connectivity index (χ4v) is 3.14. The lowest BCUT2D eigenvalue weighted by atomic mass is 10.2. The van der Waals surface area contributed by atoms with Gasteiger partial charge in [0.05, 0.1) is 31.7 Å². The first-order valence-corrected chi connectivity index (χ1v) is 8.98. The van der Waals surface area contributed by atoms with E-state index in [0.717, 1.165) is 17.0 Å². The lowest BCUT2D eigenvalue weighted by Crippen LogP contribution is -3.15.